The highest BCUT2D eigenvalue weighted by Crippen LogP contribution is 2.45. The lowest BCUT2D eigenvalue weighted by Gasteiger charge is -2.42. The van der Waals surface area contributed by atoms with E-state index < -0.39 is 16.6 Å². The lowest BCUT2D eigenvalue weighted by molar-refractivity contribution is -0.109. The Morgan fingerprint density at radius 1 is 1.03 bits per heavy atom. The van der Waals surface area contributed by atoms with Crippen LogP contribution in [0.4, 0.5) is 5.69 Å². The van der Waals surface area contributed by atoms with Crippen molar-refractivity contribution in [2.45, 2.75) is 104 Å². The molecule has 1 atom stereocenters. The van der Waals surface area contributed by atoms with Crippen molar-refractivity contribution in [3.05, 3.63) is 17.7 Å². The van der Waals surface area contributed by atoms with E-state index in [1.807, 2.05) is 0 Å². The van der Waals surface area contributed by atoms with Crippen LogP contribution in [0.25, 0.3) is 0 Å². The molecule has 1 aromatic carbocycles. The number of hydrogen-bond acceptors (Lipinski definition) is 5. The predicted octanol–water partition coefficient (Wildman–Crippen LogP) is 6.38. The number of nitrogens with zero attached hydrogens (tertiary/aromatic N) is 1. The zero-order chi connectivity index (χ0) is 25.2. The number of carbonyl (C=O) groups excluding carboxylic acids is 1. The van der Waals surface area contributed by atoms with Gasteiger partial charge in [0.2, 0.25) is 8.32 Å². The number of carbonyl (C=O) groups is 1. The molecule has 0 spiro atoms. The number of nitrogens with one attached hydrogen (secondary N) is 1. The lowest BCUT2D eigenvalue weighted by atomic mass is 10.0. The van der Waals surface area contributed by atoms with E-state index in [-0.39, 0.29) is 16.1 Å². The van der Waals surface area contributed by atoms with Crippen LogP contribution < -0.4 is 19.1 Å². The molecule has 0 saturated carbocycles. The maximum Gasteiger partial charge on any atom is 0.250 e. The fraction of sp³-hybridized carbons (Fsp3) is 0.731. The summed E-state index contributed by atoms with van der Waals surface area (Å²) in [5.74, 6) is 1.79. The summed E-state index contributed by atoms with van der Waals surface area (Å²) in [5, 5.41) is 3.54. The van der Waals surface area contributed by atoms with Gasteiger partial charge in [0.05, 0.1) is 11.7 Å². The number of piperazine rings is 1. The standard InChI is InChI=1S/C26H48N2O3Si2/c1-12-13-20-16-22(30-32(8,9)25(2,3)4)17-23(31-33(10,11)26(5,6)7)24(20)28-15-14-27-18-21(28)19-29/h16-17,19,21,27H,12-15,18H2,1-11H3. The zero-order valence-corrected chi connectivity index (χ0v) is 25.0. The summed E-state index contributed by atoms with van der Waals surface area (Å²) < 4.78 is 13.7. The number of anilines is 1. The van der Waals surface area contributed by atoms with Crippen LogP contribution in [-0.2, 0) is 11.2 Å². The molecule has 33 heavy (non-hydrogen) atoms. The predicted molar refractivity (Wildman–Crippen MR) is 146 cm³/mol. The summed E-state index contributed by atoms with van der Waals surface area (Å²) in [6.07, 6.45) is 3.01. The maximum absolute atomic E-state index is 12.0. The highest BCUT2D eigenvalue weighted by molar-refractivity contribution is 6.75. The van der Waals surface area contributed by atoms with Crippen molar-refractivity contribution in [1.82, 2.24) is 5.32 Å². The van der Waals surface area contributed by atoms with E-state index in [1.165, 1.54) is 5.56 Å². The van der Waals surface area contributed by atoms with Gasteiger partial charge in [-0.1, -0.05) is 54.9 Å². The molecule has 1 fully saturated rings. The molecule has 1 N–H and O–H groups in total. The first-order valence-corrected chi connectivity index (χ1v) is 18.3. The summed E-state index contributed by atoms with van der Waals surface area (Å²) in [6.45, 7) is 27.2. The Kier molecular flexibility index (Phi) is 8.56. The third kappa shape index (κ3) is 6.42. The molecule has 1 saturated heterocycles. The van der Waals surface area contributed by atoms with E-state index in [1.54, 1.807) is 0 Å². The quantitative estimate of drug-likeness (QED) is 0.337. The smallest absolute Gasteiger partial charge is 0.250 e. The van der Waals surface area contributed by atoms with Gasteiger partial charge in [0, 0.05) is 25.7 Å². The van der Waals surface area contributed by atoms with Crippen LogP contribution in [0.1, 0.15) is 60.5 Å². The zero-order valence-electron chi connectivity index (χ0n) is 23.0. The number of aldehydes is 1. The van der Waals surface area contributed by atoms with Crippen LogP contribution in [0, 0.1) is 0 Å². The Bertz CT molecular complexity index is 826. The molecular weight excluding hydrogens is 444 g/mol. The number of hydrogen-bond donors (Lipinski definition) is 1. The molecule has 1 aliphatic rings. The number of rotatable bonds is 8. The van der Waals surface area contributed by atoms with E-state index in [4.69, 9.17) is 8.85 Å². The van der Waals surface area contributed by atoms with Crippen molar-refractivity contribution in [3.63, 3.8) is 0 Å². The van der Waals surface area contributed by atoms with Gasteiger partial charge >= 0.3 is 0 Å². The Hall–Kier alpha value is -1.32. The topological polar surface area (TPSA) is 50.8 Å². The first-order chi connectivity index (χ1) is 15.0. The monoisotopic (exact) mass is 492 g/mol. The maximum atomic E-state index is 12.0. The molecule has 0 amide bonds. The normalized spacial score (nSPS) is 18.3. The third-order valence-corrected chi connectivity index (χ3v) is 16.4. The van der Waals surface area contributed by atoms with Crippen molar-refractivity contribution < 1.29 is 13.6 Å². The fourth-order valence-electron chi connectivity index (χ4n) is 3.56. The molecule has 1 heterocycles. The van der Waals surface area contributed by atoms with Gasteiger partial charge in [0.1, 0.15) is 17.8 Å². The lowest BCUT2D eigenvalue weighted by Crippen LogP contribution is -2.53. The Morgan fingerprint density at radius 3 is 2.12 bits per heavy atom. The van der Waals surface area contributed by atoms with Crippen molar-refractivity contribution in [1.29, 1.82) is 0 Å². The number of aryl methyl sites for hydroxylation is 1. The van der Waals surface area contributed by atoms with Crippen LogP contribution in [0.5, 0.6) is 11.5 Å². The van der Waals surface area contributed by atoms with Gasteiger partial charge in [-0.15, -0.1) is 0 Å². The molecule has 1 aromatic rings. The summed E-state index contributed by atoms with van der Waals surface area (Å²) in [5.41, 5.74) is 2.30. The van der Waals surface area contributed by atoms with Crippen molar-refractivity contribution in [2.75, 3.05) is 24.5 Å². The average Bonchev–Trinajstić information content (AvgIpc) is 2.66. The second-order valence-corrected chi connectivity index (χ2v) is 22.0. The first-order valence-electron chi connectivity index (χ1n) is 12.5. The van der Waals surface area contributed by atoms with Crippen LogP contribution in [-0.4, -0.2) is 48.6 Å². The van der Waals surface area contributed by atoms with Gasteiger partial charge in [-0.05, 0) is 54.3 Å². The Balaban J connectivity index is 2.70. The Labute approximate surface area is 204 Å². The fourth-order valence-corrected chi connectivity index (χ4v) is 5.59. The first kappa shape index (κ1) is 27.9. The van der Waals surface area contributed by atoms with Gasteiger partial charge in [0.15, 0.2) is 0 Å². The summed E-state index contributed by atoms with van der Waals surface area (Å²) in [6, 6.07) is 4.13. The minimum absolute atomic E-state index is 0.0684. The van der Waals surface area contributed by atoms with E-state index >= 15 is 0 Å². The molecule has 2 rings (SSSR count). The third-order valence-electron chi connectivity index (χ3n) is 7.72. The molecule has 5 nitrogen and oxygen atoms in total. The van der Waals surface area contributed by atoms with E-state index in [2.05, 4.69) is 97.0 Å². The molecule has 0 aromatic heterocycles. The molecule has 0 aliphatic carbocycles. The second-order valence-electron chi connectivity index (χ2n) is 12.5. The molecule has 0 radical (unpaired) electrons. The largest absolute Gasteiger partial charge is 0.543 e. The second kappa shape index (κ2) is 10.1. The minimum Gasteiger partial charge on any atom is -0.543 e. The van der Waals surface area contributed by atoms with Crippen molar-refractivity contribution in [3.8, 4) is 11.5 Å². The molecule has 0 bridgehead atoms. The van der Waals surface area contributed by atoms with E-state index in [0.717, 1.165) is 49.4 Å². The molecular formula is C26H48N2O3Si2. The van der Waals surface area contributed by atoms with Crippen molar-refractivity contribution in [2.24, 2.45) is 0 Å². The van der Waals surface area contributed by atoms with Crippen LogP contribution in [0.3, 0.4) is 0 Å². The van der Waals surface area contributed by atoms with Gasteiger partial charge in [-0.25, -0.2) is 0 Å². The number of benzene rings is 1. The van der Waals surface area contributed by atoms with Gasteiger partial charge in [0.25, 0.3) is 8.32 Å². The molecule has 1 aliphatic heterocycles. The summed E-state index contributed by atoms with van der Waals surface area (Å²) in [7, 11) is -4.12. The van der Waals surface area contributed by atoms with Gasteiger partial charge in [-0.2, -0.15) is 0 Å². The minimum atomic E-state index is -2.11. The van der Waals surface area contributed by atoms with Crippen molar-refractivity contribution >= 4 is 28.6 Å². The Morgan fingerprint density at radius 2 is 1.61 bits per heavy atom. The highest BCUT2D eigenvalue weighted by atomic mass is 28.4. The van der Waals surface area contributed by atoms with E-state index in [9.17, 15) is 4.79 Å². The molecule has 1 unspecified atom stereocenters. The summed E-state index contributed by atoms with van der Waals surface area (Å²) >= 11 is 0. The van der Waals surface area contributed by atoms with Crippen LogP contribution in [0.2, 0.25) is 36.3 Å². The average molecular weight is 493 g/mol. The highest BCUT2D eigenvalue weighted by Gasteiger charge is 2.42. The van der Waals surface area contributed by atoms with Crippen LogP contribution >= 0.6 is 0 Å². The van der Waals surface area contributed by atoms with E-state index in [0.29, 0.717) is 6.54 Å². The van der Waals surface area contributed by atoms with Gasteiger partial charge < -0.3 is 23.9 Å². The molecule has 7 heteroatoms. The molecule has 188 valence electrons. The summed E-state index contributed by atoms with van der Waals surface area (Å²) in [4.78, 5) is 14.3. The SMILES string of the molecule is CCCc1cc(O[Si](C)(C)C(C)(C)C)cc(O[Si](C)(C)C(C)(C)C)c1N1CCNCC1C=O. The van der Waals surface area contributed by atoms with Gasteiger partial charge in [-0.3, -0.25) is 0 Å². The van der Waals surface area contributed by atoms with Crippen LogP contribution in [0.15, 0.2) is 12.1 Å².